The number of benzene rings is 2. The number of pyridine rings is 1. The maximum Gasteiger partial charge on any atom is 0.260 e. The lowest BCUT2D eigenvalue weighted by molar-refractivity contribution is 0.0985. The van der Waals surface area contributed by atoms with Crippen LogP contribution in [-0.4, -0.2) is 22.0 Å². The minimum atomic E-state index is -0.103. The van der Waals surface area contributed by atoms with E-state index in [-0.39, 0.29) is 12.0 Å². The molecule has 4 rings (SSSR count). The van der Waals surface area contributed by atoms with E-state index >= 15 is 0 Å². The molecule has 0 fully saturated rings. The molecular weight excluding hydrogens is 406 g/mol. The maximum atomic E-state index is 13.5. The average molecular weight is 432 g/mol. The van der Waals surface area contributed by atoms with Gasteiger partial charge in [0.25, 0.3) is 5.91 Å². The highest BCUT2D eigenvalue weighted by atomic mass is 32.1. The van der Waals surface area contributed by atoms with Gasteiger partial charge < -0.3 is 4.74 Å². The van der Waals surface area contributed by atoms with Gasteiger partial charge in [-0.2, -0.15) is 0 Å². The summed E-state index contributed by atoms with van der Waals surface area (Å²) < 4.78 is 6.78. The monoisotopic (exact) mass is 431 g/mol. The summed E-state index contributed by atoms with van der Waals surface area (Å²) in [5.41, 5.74) is 4.82. The Morgan fingerprint density at radius 3 is 2.55 bits per heavy atom. The molecule has 31 heavy (non-hydrogen) atoms. The van der Waals surface area contributed by atoms with Crippen LogP contribution >= 0.6 is 11.3 Å². The van der Waals surface area contributed by atoms with Crippen LogP contribution in [0, 0.1) is 13.8 Å². The highest BCUT2D eigenvalue weighted by Gasteiger charge is 2.22. The van der Waals surface area contributed by atoms with Gasteiger partial charge in [-0.05, 0) is 80.8 Å². The van der Waals surface area contributed by atoms with Gasteiger partial charge in [-0.15, -0.1) is 0 Å². The summed E-state index contributed by atoms with van der Waals surface area (Å²) in [5.74, 6) is 0.643. The molecule has 0 unspecified atom stereocenters. The molecule has 1 amide bonds. The molecule has 0 aliphatic carbocycles. The van der Waals surface area contributed by atoms with Crippen LogP contribution in [0.5, 0.6) is 5.75 Å². The average Bonchev–Trinajstić information content (AvgIpc) is 3.20. The molecule has 5 nitrogen and oxygen atoms in total. The Bertz CT molecular complexity index is 1200. The number of aryl methyl sites for hydroxylation is 2. The van der Waals surface area contributed by atoms with Crippen molar-refractivity contribution in [3.05, 3.63) is 83.2 Å². The van der Waals surface area contributed by atoms with Crippen molar-refractivity contribution in [2.75, 3.05) is 4.90 Å². The predicted octanol–water partition coefficient (Wildman–Crippen LogP) is 5.94. The molecule has 2 aromatic heterocycles. The highest BCUT2D eigenvalue weighted by Crippen LogP contribution is 2.33. The first-order chi connectivity index (χ1) is 14.9. The summed E-state index contributed by atoms with van der Waals surface area (Å²) in [7, 11) is 0. The van der Waals surface area contributed by atoms with Crippen molar-refractivity contribution in [1.29, 1.82) is 0 Å². The Morgan fingerprint density at radius 2 is 1.87 bits per heavy atom. The van der Waals surface area contributed by atoms with Crippen LogP contribution in [0.15, 0.2) is 60.9 Å². The van der Waals surface area contributed by atoms with E-state index in [1.54, 1.807) is 29.4 Å². The lowest BCUT2D eigenvalue weighted by atomic mass is 10.1. The second-order valence-corrected chi connectivity index (χ2v) is 8.80. The summed E-state index contributed by atoms with van der Waals surface area (Å²) in [4.78, 5) is 24.3. The highest BCUT2D eigenvalue weighted by molar-refractivity contribution is 7.22. The van der Waals surface area contributed by atoms with Crippen LogP contribution in [-0.2, 0) is 6.54 Å². The Kier molecular flexibility index (Phi) is 6.00. The van der Waals surface area contributed by atoms with Crippen molar-refractivity contribution < 1.29 is 9.53 Å². The van der Waals surface area contributed by atoms with E-state index in [0.29, 0.717) is 17.2 Å². The Morgan fingerprint density at radius 1 is 1.10 bits per heavy atom. The molecular formula is C25H25N3O2S. The van der Waals surface area contributed by atoms with Gasteiger partial charge in [0.15, 0.2) is 5.13 Å². The number of fused-ring (bicyclic) bond motifs is 1. The molecule has 0 N–H and O–H groups in total. The molecule has 0 aliphatic rings. The maximum absolute atomic E-state index is 13.5. The number of ether oxygens (including phenoxy) is 1. The van der Waals surface area contributed by atoms with Crippen LogP contribution < -0.4 is 9.64 Å². The standard InChI is InChI=1S/C25H25N3O2S/c1-16(2)30-21-10-8-20(9-11-21)24(29)28(15-19-6-5-13-26-14-19)25-27-23-18(4)17(3)7-12-22(23)31-25/h5-14,16H,15H2,1-4H3. The van der Waals surface area contributed by atoms with Gasteiger partial charge in [-0.3, -0.25) is 14.7 Å². The third kappa shape index (κ3) is 4.59. The largest absolute Gasteiger partial charge is 0.491 e. The Hall–Kier alpha value is -3.25. The lowest BCUT2D eigenvalue weighted by Crippen LogP contribution is -2.30. The zero-order valence-corrected chi connectivity index (χ0v) is 18.9. The van der Waals surface area contributed by atoms with Crippen LogP contribution in [0.1, 0.15) is 40.9 Å². The third-order valence-corrected chi connectivity index (χ3v) is 6.13. The Balaban J connectivity index is 1.72. The normalized spacial score (nSPS) is 11.1. The van der Waals surface area contributed by atoms with Crippen molar-refractivity contribution in [3.63, 3.8) is 0 Å². The zero-order valence-electron chi connectivity index (χ0n) is 18.1. The van der Waals surface area contributed by atoms with E-state index in [9.17, 15) is 4.79 Å². The van der Waals surface area contributed by atoms with Gasteiger partial charge in [0.05, 0.1) is 22.9 Å². The van der Waals surface area contributed by atoms with E-state index < -0.39 is 0 Å². The molecule has 158 valence electrons. The minimum Gasteiger partial charge on any atom is -0.491 e. The third-order valence-electron chi connectivity index (χ3n) is 5.09. The molecule has 0 bridgehead atoms. The molecule has 6 heteroatoms. The number of aromatic nitrogens is 2. The number of hydrogen-bond donors (Lipinski definition) is 0. The van der Waals surface area contributed by atoms with Crippen LogP contribution in [0.4, 0.5) is 5.13 Å². The van der Waals surface area contributed by atoms with Crippen LogP contribution in [0.25, 0.3) is 10.2 Å². The number of nitrogens with zero attached hydrogens (tertiary/aromatic N) is 3. The predicted molar refractivity (Wildman–Crippen MR) is 126 cm³/mol. The first-order valence-corrected chi connectivity index (χ1v) is 11.1. The number of carbonyl (C=O) groups is 1. The fourth-order valence-electron chi connectivity index (χ4n) is 3.33. The van der Waals surface area contributed by atoms with Crippen molar-refractivity contribution in [2.45, 2.75) is 40.3 Å². The second-order valence-electron chi connectivity index (χ2n) is 7.79. The van der Waals surface area contributed by atoms with Gasteiger partial charge in [0.2, 0.25) is 0 Å². The molecule has 0 spiro atoms. The molecule has 2 aromatic carbocycles. The van der Waals surface area contributed by atoms with Gasteiger partial charge in [0.1, 0.15) is 5.75 Å². The first-order valence-electron chi connectivity index (χ1n) is 10.3. The zero-order chi connectivity index (χ0) is 22.0. The second kappa shape index (κ2) is 8.86. The van der Waals surface area contributed by atoms with Gasteiger partial charge >= 0.3 is 0 Å². The van der Waals surface area contributed by atoms with E-state index in [1.807, 2.05) is 38.1 Å². The van der Waals surface area contributed by atoms with Crippen LogP contribution in [0.2, 0.25) is 0 Å². The molecule has 0 atom stereocenters. The van der Waals surface area contributed by atoms with Gasteiger partial charge in [-0.1, -0.05) is 23.5 Å². The topological polar surface area (TPSA) is 55.3 Å². The van der Waals surface area contributed by atoms with E-state index in [1.165, 1.54) is 16.9 Å². The fourth-order valence-corrected chi connectivity index (χ4v) is 4.36. The first kappa shape index (κ1) is 21.0. The number of hydrogen-bond acceptors (Lipinski definition) is 5. The van der Waals surface area contributed by atoms with Crippen molar-refractivity contribution >= 4 is 32.6 Å². The molecule has 0 saturated heterocycles. The van der Waals surface area contributed by atoms with Gasteiger partial charge in [0, 0.05) is 18.0 Å². The summed E-state index contributed by atoms with van der Waals surface area (Å²) >= 11 is 1.53. The molecule has 2 heterocycles. The SMILES string of the molecule is Cc1ccc2sc(N(Cc3cccnc3)C(=O)c3ccc(OC(C)C)cc3)nc2c1C. The van der Waals surface area contributed by atoms with Crippen molar-refractivity contribution in [1.82, 2.24) is 9.97 Å². The smallest absolute Gasteiger partial charge is 0.260 e. The van der Waals surface area contributed by atoms with E-state index in [0.717, 1.165) is 27.1 Å². The van der Waals surface area contributed by atoms with Crippen molar-refractivity contribution in [3.8, 4) is 5.75 Å². The number of amides is 1. The number of rotatable bonds is 6. The van der Waals surface area contributed by atoms with Gasteiger partial charge in [-0.25, -0.2) is 4.98 Å². The quantitative estimate of drug-likeness (QED) is 0.379. The fraction of sp³-hybridized carbons (Fsp3) is 0.240. The summed E-state index contributed by atoms with van der Waals surface area (Å²) in [6.07, 6.45) is 3.59. The Labute approximate surface area is 186 Å². The number of carbonyl (C=O) groups excluding carboxylic acids is 1. The number of anilines is 1. The molecule has 0 radical (unpaired) electrons. The summed E-state index contributed by atoms with van der Waals surface area (Å²) in [6, 6.07) is 15.3. The van der Waals surface area contributed by atoms with Crippen LogP contribution in [0.3, 0.4) is 0 Å². The van der Waals surface area contributed by atoms with Crippen molar-refractivity contribution in [2.24, 2.45) is 0 Å². The molecule has 0 saturated carbocycles. The minimum absolute atomic E-state index is 0.0816. The number of thiazole rings is 1. The summed E-state index contributed by atoms with van der Waals surface area (Å²) in [6.45, 7) is 8.50. The molecule has 0 aliphatic heterocycles. The lowest BCUT2D eigenvalue weighted by Gasteiger charge is -2.20. The van der Waals surface area contributed by atoms with E-state index in [4.69, 9.17) is 9.72 Å². The molecule has 4 aromatic rings. The summed E-state index contributed by atoms with van der Waals surface area (Å²) in [5, 5.41) is 0.681. The van der Waals surface area contributed by atoms with E-state index in [2.05, 4.69) is 31.0 Å².